The summed E-state index contributed by atoms with van der Waals surface area (Å²) >= 11 is 5.60. The van der Waals surface area contributed by atoms with Crippen LogP contribution >= 0.6 is 35.6 Å². The molecule has 118 valence electrons. The third kappa shape index (κ3) is 5.27. The molecule has 0 saturated carbocycles. The molecule has 1 unspecified atom stereocenters. The summed E-state index contributed by atoms with van der Waals surface area (Å²) < 4.78 is 13.3. The van der Waals surface area contributed by atoms with Gasteiger partial charge in [0.05, 0.1) is 17.7 Å². The lowest BCUT2D eigenvalue weighted by molar-refractivity contribution is 0.186. The van der Waals surface area contributed by atoms with Crippen LogP contribution in [-0.4, -0.2) is 35.6 Å². The second kappa shape index (κ2) is 8.75. The summed E-state index contributed by atoms with van der Waals surface area (Å²) in [5, 5.41) is 10.0. The molecule has 1 aromatic rings. The van der Waals surface area contributed by atoms with Gasteiger partial charge in [-0.1, -0.05) is 17.7 Å². The Morgan fingerprint density at radius 3 is 2.67 bits per heavy atom. The first kappa shape index (κ1) is 18.4. The Balaban J connectivity index is 0.00000220. The van der Waals surface area contributed by atoms with Gasteiger partial charge in [-0.05, 0) is 37.0 Å². The van der Waals surface area contributed by atoms with Gasteiger partial charge in [-0.25, -0.2) is 4.39 Å². The second-order valence-corrected chi connectivity index (χ2v) is 5.34. The zero-order chi connectivity index (χ0) is 14.5. The van der Waals surface area contributed by atoms with Gasteiger partial charge in [0, 0.05) is 13.1 Å². The third-order valence-electron chi connectivity index (χ3n) is 3.43. The van der Waals surface area contributed by atoms with Crippen LogP contribution in [0.25, 0.3) is 0 Å². The highest BCUT2D eigenvalue weighted by Crippen LogP contribution is 2.20. The normalized spacial score (nSPS) is 17.3. The van der Waals surface area contributed by atoms with Crippen LogP contribution in [-0.2, 0) is 0 Å². The number of likely N-dealkylation sites (tertiary alicyclic amines) is 1. The molecular formula is C14H20ClFIN3O. The molecule has 7 heteroatoms. The Hall–Kier alpha value is -0.600. The fourth-order valence-corrected chi connectivity index (χ4v) is 2.35. The van der Waals surface area contributed by atoms with Gasteiger partial charge in [-0.15, -0.1) is 24.0 Å². The molecule has 0 spiro atoms. The van der Waals surface area contributed by atoms with Gasteiger partial charge >= 0.3 is 0 Å². The van der Waals surface area contributed by atoms with Crippen LogP contribution in [0.15, 0.2) is 23.2 Å². The van der Waals surface area contributed by atoms with Crippen LogP contribution in [0.1, 0.15) is 30.9 Å². The summed E-state index contributed by atoms with van der Waals surface area (Å²) in [4.78, 5) is 6.20. The smallest absolute Gasteiger partial charge is 0.191 e. The van der Waals surface area contributed by atoms with E-state index in [0.29, 0.717) is 11.5 Å². The number of nitrogens with zero attached hydrogens (tertiary/aromatic N) is 2. The minimum absolute atomic E-state index is 0. The van der Waals surface area contributed by atoms with Crippen LogP contribution in [0.4, 0.5) is 4.39 Å². The van der Waals surface area contributed by atoms with Crippen molar-refractivity contribution in [1.29, 1.82) is 0 Å². The lowest BCUT2D eigenvalue weighted by Gasteiger charge is -2.27. The van der Waals surface area contributed by atoms with E-state index in [9.17, 15) is 9.50 Å². The number of benzene rings is 1. The fourth-order valence-electron chi connectivity index (χ4n) is 2.23. The maximum Gasteiger partial charge on any atom is 0.191 e. The largest absolute Gasteiger partial charge is 0.386 e. The van der Waals surface area contributed by atoms with Crippen LogP contribution in [0.2, 0.25) is 5.02 Å². The number of rotatable bonds is 3. The van der Waals surface area contributed by atoms with E-state index in [1.807, 2.05) is 4.90 Å². The zero-order valence-corrected chi connectivity index (χ0v) is 14.7. The number of piperidine rings is 1. The van der Waals surface area contributed by atoms with E-state index < -0.39 is 11.9 Å². The van der Waals surface area contributed by atoms with Gasteiger partial charge < -0.3 is 15.7 Å². The molecule has 2 rings (SSSR count). The number of hydrogen-bond donors (Lipinski definition) is 2. The maximum atomic E-state index is 13.3. The topological polar surface area (TPSA) is 61.9 Å². The molecule has 1 atom stereocenters. The predicted molar refractivity (Wildman–Crippen MR) is 93.7 cm³/mol. The summed E-state index contributed by atoms with van der Waals surface area (Å²) in [5.41, 5.74) is 6.34. The van der Waals surface area contributed by atoms with Crippen molar-refractivity contribution in [2.45, 2.75) is 25.4 Å². The lowest BCUT2D eigenvalue weighted by Crippen LogP contribution is -2.41. The molecule has 1 fully saturated rings. The molecule has 0 aliphatic carbocycles. The SMILES string of the molecule is I.NC(=NCC(O)c1ccc(Cl)c(F)c1)N1CCCCC1. The molecule has 1 saturated heterocycles. The number of nitrogens with two attached hydrogens (primary N) is 1. The molecule has 1 heterocycles. The Kier molecular flexibility index (Phi) is 7.69. The molecular weight excluding hydrogens is 408 g/mol. The molecule has 1 aliphatic rings. The Labute approximate surface area is 146 Å². The fraction of sp³-hybridized carbons (Fsp3) is 0.500. The van der Waals surface area contributed by atoms with Crippen molar-refractivity contribution in [1.82, 2.24) is 4.90 Å². The summed E-state index contributed by atoms with van der Waals surface area (Å²) in [5.74, 6) is -0.102. The number of halogens is 3. The standard InChI is InChI=1S/C14H19ClFN3O.HI/c15-11-5-4-10(8-12(11)16)13(20)9-18-14(17)19-6-2-1-3-7-19;/h4-5,8,13,20H,1-3,6-7,9H2,(H2,17,18);1H. The van der Waals surface area contributed by atoms with Gasteiger partial charge in [0.15, 0.2) is 5.96 Å². The van der Waals surface area contributed by atoms with Crippen molar-refractivity contribution in [2.75, 3.05) is 19.6 Å². The van der Waals surface area contributed by atoms with Crippen molar-refractivity contribution in [3.63, 3.8) is 0 Å². The Bertz CT molecular complexity index is 495. The number of aliphatic imine (C=N–C) groups is 1. The van der Waals surface area contributed by atoms with E-state index in [1.165, 1.54) is 18.6 Å². The van der Waals surface area contributed by atoms with Gasteiger partial charge in [0.25, 0.3) is 0 Å². The van der Waals surface area contributed by atoms with Crippen molar-refractivity contribution in [2.24, 2.45) is 10.7 Å². The van der Waals surface area contributed by atoms with E-state index in [4.69, 9.17) is 17.3 Å². The van der Waals surface area contributed by atoms with Crippen molar-refractivity contribution < 1.29 is 9.50 Å². The number of aliphatic hydroxyl groups excluding tert-OH is 1. The van der Waals surface area contributed by atoms with Gasteiger partial charge in [-0.2, -0.15) is 0 Å². The molecule has 21 heavy (non-hydrogen) atoms. The second-order valence-electron chi connectivity index (χ2n) is 4.94. The Morgan fingerprint density at radius 1 is 1.38 bits per heavy atom. The van der Waals surface area contributed by atoms with E-state index in [1.54, 1.807) is 6.07 Å². The van der Waals surface area contributed by atoms with E-state index in [2.05, 4.69) is 4.99 Å². The number of aliphatic hydroxyl groups is 1. The first-order chi connectivity index (χ1) is 9.58. The molecule has 1 aliphatic heterocycles. The first-order valence-corrected chi connectivity index (χ1v) is 7.13. The van der Waals surface area contributed by atoms with Crippen LogP contribution in [0.5, 0.6) is 0 Å². The summed E-state index contributed by atoms with van der Waals surface area (Å²) in [6.45, 7) is 1.92. The average Bonchev–Trinajstić information content (AvgIpc) is 2.48. The zero-order valence-electron chi connectivity index (χ0n) is 11.6. The van der Waals surface area contributed by atoms with E-state index in [-0.39, 0.29) is 35.5 Å². The highest BCUT2D eigenvalue weighted by Gasteiger charge is 2.14. The van der Waals surface area contributed by atoms with Crippen LogP contribution in [0, 0.1) is 5.82 Å². The summed E-state index contributed by atoms with van der Waals surface area (Å²) in [6.07, 6.45) is 2.56. The van der Waals surface area contributed by atoms with E-state index >= 15 is 0 Å². The number of guanidine groups is 1. The van der Waals surface area contributed by atoms with Gasteiger partial charge in [-0.3, -0.25) is 4.99 Å². The quantitative estimate of drug-likeness (QED) is 0.443. The van der Waals surface area contributed by atoms with Gasteiger partial charge in [0.2, 0.25) is 0 Å². The lowest BCUT2D eigenvalue weighted by atomic mass is 10.1. The minimum Gasteiger partial charge on any atom is -0.386 e. The third-order valence-corrected chi connectivity index (χ3v) is 3.74. The summed E-state index contributed by atoms with van der Waals surface area (Å²) in [7, 11) is 0. The molecule has 0 bridgehead atoms. The Morgan fingerprint density at radius 2 is 2.05 bits per heavy atom. The molecule has 4 nitrogen and oxygen atoms in total. The van der Waals surface area contributed by atoms with Crippen LogP contribution < -0.4 is 5.73 Å². The first-order valence-electron chi connectivity index (χ1n) is 6.76. The molecule has 0 amide bonds. The maximum absolute atomic E-state index is 13.3. The highest BCUT2D eigenvalue weighted by atomic mass is 127. The molecule has 0 aromatic heterocycles. The highest BCUT2D eigenvalue weighted by molar-refractivity contribution is 14.0. The monoisotopic (exact) mass is 427 g/mol. The molecule has 0 radical (unpaired) electrons. The molecule has 3 N–H and O–H groups in total. The predicted octanol–water partition coefficient (Wildman–Crippen LogP) is 2.93. The summed E-state index contributed by atoms with van der Waals surface area (Å²) in [6, 6.07) is 4.23. The van der Waals surface area contributed by atoms with Crippen molar-refractivity contribution in [3.8, 4) is 0 Å². The van der Waals surface area contributed by atoms with Gasteiger partial charge in [0.1, 0.15) is 5.82 Å². The van der Waals surface area contributed by atoms with Crippen molar-refractivity contribution >= 4 is 41.5 Å². The van der Waals surface area contributed by atoms with Crippen molar-refractivity contribution in [3.05, 3.63) is 34.6 Å². The molecule has 1 aromatic carbocycles. The van der Waals surface area contributed by atoms with E-state index in [0.717, 1.165) is 25.9 Å². The minimum atomic E-state index is -0.884. The number of hydrogen-bond acceptors (Lipinski definition) is 2. The average molecular weight is 428 g/mol. The van der Waals surface area contributed by atoms with Crippen LogP contribution in [0.3, 0.4) is 0 Å².